The van der Waals surface area contributed by atoms with Crippen LogP contribution in [0.2, 0.25) is 0 Å². The molecule has 0 aliphatic heterocycles. The Morgan fingerprint density at radius 2 is 2.00 bits per heavy atom. The molecule has 0 bridgehead atoms. The van der Waals surface area contributed by atoms with E-state index in [9.17, 15) is 10.2 Å². The van der Waals surface area contributed by atoms with Crippen molar-refractivity contribution >= 4 is 0 Å². The highest BCUT2D eigenvalue weighted by Gasteiger charge is 2.27. The minimum Gasteiger partial charge on any atom is -0.497 e. The summed E-state index contributed by atoms with van der Waals surface area (Å²) in [7, 11) is 1.62. The summed E-state index contributed by atoms with van der Waals surface area (Å²) in [6, 6.07) is 7.53. The summed E-state index contributed by atoms with van der Waals surface area (Å²) in [5.74, 6) is 2.94. The number of aliphatic hydroxyl groups is 2. The predicted octanol–water partition coefficient (Wildman–Crippen LogP) is 1.35. The van der Waals surface area contributed by atoms with Gasteiger partial charge in [0.2, 0.25) is 0 Å². The molecule has 0 fully saturated rings. The van der Waals surface area contributed by atoms with Crippen LogP contribution >= 0.6 is 0 Å². The lowest BCUT2D eigenvalue weighted by atomic mass is 9.98. The monoisotopic (exact) mass is 264 g/mol. The van der Waals surface area contributed by atoms with E-state index in [0.29, 0.717) is 13.2 Å². The van der Waals surface area contributed by atoms with E-state index in [1.807, 2.05) is 24.3 Å². The molecule has 0 aliphatic rings. The average molecular weight is 264 g/mol. The van der Waals surface area contributed by atoms with Gasteiger partial charge in [0.1, 0.15) is 11.4 Å². The van der Waals surface area contributed by atoms with Crippen molar-refractivity contribution in [2.45, 2.75) is 31.7 Å². The van der Waals surface area contributed by atoms with Crippen LogP contribution in [0.15, 0.2) is 24.3 Å². The van der Waals surface area contributed by atoms with Crippen LogP contribution in [-0.4, -0.2) is 35.6 Å². The zero-order valence-electron chi connectivity index (χ0n) is 11.3. The maximum atomic E-state index is 9.65. The molecule has 19 heavy (non-hydrogen) atoms. The van der Waals surface area contributed by atoms with Crippen molar-refractivity contribution in [2.75, 3.05) is 13.7 Å². The first-order valence-electron chi connectivity index (χ1n) is 6.08. The van der Waals surface area contributed by atoms with Gasteiger partial charge in [0.25, 0.3) is 0 Å². The van der Waals surface area contributed by atoms with E-state index in [0.717, 1.165) is 11.3 Å². The topological polar surface area (TPSA) is 58.9 Å². The second-order valence-electron chi connectivity index (χ2n) is 4.50. The lowest BCUT2D eigenvalue weighted by molar-refractivity contribution is -0.0378. The molecule has 1 rings (SSSR count). The van der Waals surface area contributed by atoms with Crippen LogP contribution in [0.1, 0.15) is 18.9 Å². The van der Waals surface area contributed by atoms with Gasteiger partial charge in [-0.25, -0.2) is 0 Å². The van der Waals surface area contributed by atoms with E-state index in [4.69, 9.17) is 15.9 Å². The molecular formula is C15H20O4. The van der Waals surface area contributed by atoms with E-state index in [1.54, 1.807) is 7.11 Å². The molecule has 4 nitrogen and oxygen atoms in total. The second kappa shape index (κ2) is 7.15. The minimum absolute atomic E-state index is 0.285. The number of hydrogen-bond acceptors (Lipinski definition) is 4. The fourth-order valence-corrected chi connectivity index (χ4v) is 1.48. The number of ether oxygens (including phenoxy) is 2. The largest absolute Gasteiger partial charge is 0.497 e. The molecule has 2 N–H and O–H groups in total. The normalized spacial score (nSPS) is 15.3. The Kier molecular flexibility index (Phi) is 5.84. The quantitative estimate of drug-likeness (QED) is 0.576. The van der Waals surface area contributed by atoms with Gasteiger partial charge in [-0.2, -0.15) is 0 Å². The third-order valence-corrected chi connectivity index (χ3v) is 2.90. The van der Waals surface area contributed by atoms with Crippen molar-refractivity contribution in [3.8, 4) is 18.1 Å². The molecule has 0 heterocycles. The lowest BCUT2D eigenvalue weighted by Crippen LogP contribution is -2.38. The van der Waals surface area contributed by atoms with Gasteiger partial charge in [-0.1, -0.05) is 18.1 Å². The smallest absolute Gasteiger partial charge is 0.148 e. The summed E-state index contributed by atoms with van der Waals surface area (Å²) < 4.78 is 10.5. The first-order chi connectivity index (χ1) is 8.99. The Labute approximate surface area is 114 Å². The molecule has 1 aromatic rings. The summed E-state index contributed by atoms with van der Waals surface area (Å²) in [5, 5.41) is 19.3. The Morgan fingerprint density at radius 3 is 2.53 bits per heavy atom. The highest BCUT2D eigenvalue weighted by Crippen LogP contribution is 2.14. The highest BCUT2D eigenvalue weighted by molar-refractivity contribution is 5.26. The maximum absolute atomic E-state index is 9.65. The van der Waals surface area contributed by atoms with Crippen molar-refractivity contribution in [1.82, 2.24) is 0 Å². The zero-order chi connectivity index (χ0) is 14.3. The summed E-state index contributed by atoms with van der Waals surface area (Å²) in [6.07, 6.45) is 4.41. The van der Waals surface area contributed by atoms with E-state index in [1.165, 1.54) is 6.92 Å². The molecular weight excluding hydrogens is 244 g/mol. The zero-order valence-corrected chi connectivity index (χ0v) is 11.3. The Morgan fingerprint density at radius 1 is 1.37 bits per heavy atom. The van der Waals surface area contributed by atoms with Gasteiger partial charge < -0.3 is 19.7 Å². The third-order valence-electron chi connectivity index (χ3n) is 2.90. The van der Waals surface area contributed by atoms with E-state index in [2.05, 4.69) is 5.92 Å². The summed E-state index contributed by atoms with van der Waals surface area (Å²) >= 11 is 0. The molecule has 0 aliphatic carbocycles. The molecule has 1 aromatic carbocycles. The number of hydrogen-bond donors (Lipinski definition) is 2. The average Bonchev–Trinajstić information content (AvgIpc) is 2.43. The Balaban J connectivity index is 2.29. The van der Waals surface area contributed by atoms with E-state index >= 15 is 0 Å². The molecule has 0 saturated carbocycles. The lowest BCUT2D eigenvalue weighted by Gasteiger charge is -2.23. The Bertz CT molecular complexity index is 417. The molecule has 0 radical (unpaired) electrons. The van der Waals surface area contributed by atoms with Crippen molar-refractivity contribution in [3.05, 3.63) is 29.8 Å². The fraction of sp³-hybridized carbons (Fsp3) is 0.467. The van der Waals surface area contributed by atoms with Gasteiger partial charge in [-0.3, -0.25) is 0 Å². The van der Waals surface area contributed by atoms with Crippen LogP contribution < -0.4 is 4.74 Å². The van der Waals surface area contributed by atoms with Crippen LogP contribution in [0.25, 0.3) is 0 Å². The summed E-state index contributed by atoms with van der Waals surface area (Å²) in [5.41, 5.74) is -0.497. The molecule has 2 atom stereocenters. The van der Waals surface area contributed by atoms with Crippen LogP contribution in [-0.2, 0) is 11.3 Å². The van der Waals surface area contributed by atoms with Gasteiger partial charge in [-0.05, 0) is 24.6 Å². The second-order valence-corrected chi connectivity index (χ2v) is 4.50. The standard InChI is InChI=1S/C15H20O4/c1-4-15(2,17)14(16)9-10-19-11-12-5-7-13(18-3)8-6-12/h1,5-8,14,16-17H,9-11H2,2-3H3/t14-,15-/m1/s1. The van der Waals surface area contributed by atoms with E-state index < -0.39 is 11.7 Å². The first-order valence-corrected chi connectivity index (χ1v) is 6.08. The van der Waals surface area contributed by atoms with E-state index in [-0.39, 0.29) is 6.42 Å². The van der Waals surface area contributed by atoms with Crippen molar-refractivity contribution < 1.29 is 19.7 Å². The Hall–Kier alpha value is -1.54. The van der Waals surface area contributed by atoms with Gasteiger partial charge >= 0.3 is 0 Å². The number of methoxy groups -OCH3 is 1. The molecule has 0 amide bonds. The molecule has 0 saturated heterocycles. The van der Waals surface area contributed by atoms with Crippen molar-refractivity contribution in [3.63, 3.8) is 0 Å². The van der Waals surface area contributed by atoms with Crippen molar-refractivity contribution in [2.24, 2.45) is 0 Å². The first kappa shape index (κ1) is 15.5. The van der Waals surface area contributed by atoms with Crippen LogP contribution in [0.5, 0.6) is 5.75 Å². The van der Waals surface area contributed by atoms with Crippen LogP contribution in [0, 0.1) is 12.3 Å². The number of terminal acetylenes is 1. The van der Waals surface area contributed by atoms with Crippen LogP contribution in [0.3, 0.4) is 0 Å². The third kappa shape index (κ3) is 4.92. The van der Waals surface area contributed by atoms with Gasteiger partial charge in [0, 0.05) is 13.0 Å². The summed E-state index contributed by atoms with van der Waals surface area (Å²) in [4.78, 5) is 0. The SMILES string of the molecule is C#C[C@@](C)(O)[C@H](O)CCOCc1ccc(OC)cc1. The fourth-order valence-electron chi connectivity index (χ4n) is 1.48. The van der Waals surface area contributed by atoms with Gasteiger partial charge in [-0.15, -0.1) is 6.42 Å². The molecule has 4 heteroatoms. The van der Waals surface area contributed by atoms with Gasteiger partial charge in [0.05, 0.1) is 19.8 Å². The predicted molar refractivity (Wildman–Crippen MR) is 72.7 cm³/mol. The highest BCUT2D eigenvalue weighted by atomic mass is 16.5. The summed E-state index contributed by atoms with van der Waals surface area (Å²) in [6.45, 7) is 2.17. The van der Waals surface area contributed by atoms with Crippen molar-refractivity contribution in [1.29, 1.82) is 0 Å². The molecule has 0 spiro atoms. The maximum Gasteiger partial charge on any atom is 0.148 e. The number of rotatable bonds is 7. The number of benzene rings is 1. The molecule has 0 aromatic heterocycles. The number of aliphatic hydroxyl groups excluding tert-OH is 1. The van der Waals surface area contributed by atoms with Gasteiger partial charge in [0.15, 0.2) is 0 Å². The molecule has 104 valence electrons. The molecule has 0 unspecified atom stereocenters. The van der Waals surface area contributed by atoms with Crippen LogP contribution in [0.4, 0.5) is 0 Å². The minimum atomic E-state index is -1.51.